The standard InChI is InChI=1S/C11H20N2O5/c1-3-5-18-11(17)8(4-2)13-10(16)7(12)6-9(14)15/h7-8H,3-6,12H2,1-2H3,(H,13,16)(H,14,15)/t7-,8?/m0/s1. The summed E-state index contributed by atoms with van der Waals surface area (Å²) in [6.07, 6.45) is 0.564. The van der Waals surface area contributed by atoms with Crippen LogP contribution >= 0.6 is 0 Å². The molecule has 0 aromatic rings. The molecule has 0 radical (unpaired) electrons. The highest BCUT2D eigenvalue weighted by molar-refractivity contribution is 5.89. The van der Waals surface area contributed by atoms with Crippen molar-refractivity contribution in [3.8, 4) is 0 Å². The van der Waals surface area contributed by atoms with Crippen molar-refractivity contribution in [1.29, 1.82) is 0 Å². The Morgan fingerprint density at radius 1 is 1.33 bits per heavy atom. The van der Waals surface area contributed by atoms with E-state index >= 15 is 0 Å². The molecule has 0 aliphatic heterocycles. The van der Waals surface area contributed by atoms with Gasteiger partial charge >= 0.3 is 11.9 Å². The van der Waals surface area contributed by atoms with E-state index in [9.17, 15) is 14.4 Å². The number of ether oxygens (including phenoxy) is 1. The van der Waals surface area contributed by atoms with Crippen LogP contribution in [0.1, 0.15) is 33.1 Å². The van der Waals surface area contributed by atoms with Gasteiger partial charge in [-0.25, -0.2) is 4.79 Å². The summed E-state index contributed by atoms with van der Waals surface area (Å²) in [4.78, 5) is 33.4. The molecule has 1 unspecified atom stereocenters. The van der Waals surface area contributed by atoms with Crippen LogP contribution in [0.2, 0.25) is 0 Å². The van der Waals surface area contributed by atoms with Crippen LogP contribution in [-0.2, 0) is 19.1 Å². The summed E-state index contributed by atoms with van der Waals surface area (Å²) < 4.78 is 4.90. The number of carboxylic acid groups (broad SMARTS) is 1. The molecule has 1 amide bonds. The maximum atomic E-state index is 11.5. The average Bonchev–Trinajstić information content (AvgIpc) is 2.31. The second-order valence-corrected chi connectivity index (χ2v) is 3.84. The number of rotatable bonds is 8. The fourth-order valence-electron chi connectivity index (χ4n) is 1.19. The van der Waals surface area contributed by atoms with Crippen LogP contribution in [0.4, 0.5) is 0 Å². The van der Waals surface area contributed by atoms with Crippen molar-refractivity contribution in [2.24, 2.45) is 5.73 Å². The Bertz CT molecular complexity index is 306. The molecule has 0 saturated carbocycles. The van der Waals surface area contributed by atoms with Gasteiger partial charge < -0.3 is 20.9 Å². The summed E-state index contributed by atoms with van der Waals surface area (Å²) in [5, 5.41) is 10.9. The van der Waals surface area contributed by atoms with Crippen molar-refractivity contribution in [2.75, 3.05) is 6.61 Å². The monoisotopic (exact) mass is 260 g/mol. The SMILES string of the molecule is CCCOC(=O)C(CC)NC(=O)[C@@H](N)CC(=O)O. The largest absolute Gasteiger partial charge is 0.481 e. The zero-order valence-corrected chi connectivity index (χ0v) is 10.6. The van der Waals surface area contributed by atoms with Gasteiger partial charge in [0.1, 0.15) is 6.04 Å². The smallest absolute Gasteiger partial charge is 0.328 e. The minimum atomic E-state index is -1.17. The number of hydrogen-bond acceptors (Lipinski definition) is 5. The molecule has 0 aromatic heterocycles. The molecule has 18 heavy (non-hydrogen) atoms. The predicted molar refractivity (Wildman–Crippen MR) is 63.7 cm³/mol. The second-order valence-electron chi connectivity index (χ2n) is 3.84. The minimum absolute atomic E-state index is 0.284. The Kier molecular flexibility index (Phi) is 7.69. The number of esters is 1. The molecular formula is C11H20N2O5. The van der Waals surface area contributed by atoms with Gasteiger partial charge in [0.05, 0.1) is 19.1 Å². The lowest BCUT2D eigenvalue weighted by Gasteiger charge is -2.17. The molecule has 0 rings (SSSR count). The highest BCUT2D eigenvalue weighted by Gasteiger charge is 2.24. The molecule has 0 aliphatic rings. The zero-order chi connectivity index (χ0) is 14.1. The summed E-state index contributed by atoms with van der Waals surface area (Å²) in [6.45, 7) is 3.85. The number of hydrogen-bond donors (Lipinski definition) is 3. The first kappa shape index (κ1) is 16.4. The van der Waals surface area contributed by atoms with Gasteiger partial charge in [-0.15, -0.1) is 0 Å². The van der Waals surface area contributed by atoms with E-state index in [1.54, 1.807) is 6.92 Å². The number of aliphatic carboxylic acids is 1. The molecule has 7 nitrogen and oxygen atoms in total. The Balaban J connectivity index is 4.30. The van der Waals surface area contributed by atoms with Crippen molar-refractivity contribution in [3.05, 3.63) is 0 Å². The number of nitrogens with one attached hydrogen (secondary N) is 1. The first-order chi connectivity index (χ1) is 8.42. The third-order valence-corrected chi connectivity index (χ3v) is 2.19. The topological polar surface area (TPSA) is 119 Å². The predicted octanol–water partition coefficient (Wildman–Crippen LogP) is -0.364. The maximum Gasteiger partial charge on any atom is 0.328 e. The van der Waals surface area contributed by atoms with Gasteiger partial charge in [0.25, 0.3) is 0 Å². The number of amides is 1. The molecule has 0 saturated heterocycles. The lowest BCUT2D eigenvalue weighted by atomic mass is 10.1. The van der Waals surface area contributed by atoms with Crippen molar-refractivity contribution < 1.29 is 24.2 Å². The van der Waals surface area contributed by atoms with E-state index in [1.165, 1.54) is 0 Å². The van der Waals surface area contributed by atoms with Crippen LogP contribution in [0.25, 0.3) is 0 Å². The zero-order valence-electron chi connectivity index (χ0n) is 10.6. The average molecular weight is 260 g/mol. The van der Waals surface area contributed by atoms with Gasteiger partial charge in [-0.3, -0.25) is 9.59 Å². The van der Waals surface area contributed by atoms with Crippen LogP contribution < -0.4 is 11.1 Å². The van der Waals surface area contributed by atoms with Crippen molar-refractivity contribution in [1.82, 2.24) is 5.32 Å². The Morgan fingerprint density at radius 2 is 1.94 bits per heavy atom. The minimum Gasteiger partial charge on any atom is -0.481 e. The fourth-order valence-corrected chi connectivity index (χ4v) is 1.19. The van der Waals surface area contributed by atoms with Gasteiger partial charge in [-0.2, -0.15) is 0 Å². The van der Waals surface area contributed by atoms with E-state index in [0.717, 1.165) is 0 Å². The third-order valence-electron chi connectivity index (χ3n) is 2.19. The van der Waals surface area contributed by atoms with Crippen molar-refractivity contribution >= 4 is 17.8 Å². The molecule has 0 aromatic carbocycles. The van der Waals surface area contributed by atoms with Crippen LogP contribution in [-0.4, -0.2) is 41.6 Å². The van der Waals surface area contributed by atoms with E-state index in [-0.39, 0.29) is 6.61 Å². The first-order valence-electron chi connectivity index (χ1n) is 5.86. The van der Waals surface area contributed by atoms with Gasteiger partial charge in [0.15, 0.2) is 0 Å². The number of carbonyl (C=O) groups excluding carboxylic acids is 2. The van der Waals surface area contributed by atoms with Crippen LogP contribution in [0.3, 0.4) is 0 Å². The maximum absolute atomic E-state index is 11.5. The number of carbonyl (C=O) groups is 3. The fraction of sp³-hybridized carbons (Fsp3) is 0.727. The van der Waals surface area contributed by atoms with Crippen molar-refractivity contribution in [2.45, 2.75) is 45.2 Å². The molecule has 0 spiro atoms. The molecule has 0 bridgehead atoms. The highest BCUT2D eigenvalue weighted by atomic mass is 16.5. The highest BCUT2D eigenvalue weighted by Crippen LogP contribution is 1.98. The molecule has 2 atom stereocenters. The van der Waals surface area contributed by atoms with Crippen LogP contribution in [0, 0.1) is 0 Å². The molecule has 0 fully saturated rings. The van der Waals surface area contributed by atoms with E-state index in [0.29, 0.717) is 12.8 Å². The quantitative estimate of drug-likeness (QED) is 0.513. The summed E-state index contributed by atoms with van der Waals surface area (Å²) >= 11 is 0. The van der Waals surface area contributed by atoms with Crippen LogP contribution in [0.5, 0.6) is 0 Å². The number of nitrogens with two attached hydrogens (primary N) is 1. The lowest BCUT2D eigenvalue weighted by molar-refractivity contribution is -0.148. The van der Waals surface area contributed by atoms with E-state index in [1.807, 2.05) is 6.92 Å². The molecule has 4 N–H and O–H groups in total. The summed E-state index contributed by atoms with van der Waals surface area (Å²) in [5.41, 5.74) is 5.38. The van der Waals surface area contributed by atoms with Gasteiger partial charge in [-0.05, 0) is 12.8 Å². The van der Waals surface area contributed by atoms with E-state index in [4.69, 9.17) is 15.6 Å². The third kappa shape index (κ3) is 6.19. The van der Waals surface area contributed by atoms with E-state index in [2.05, 4.69) is 5.32 Å². The normalized spacial score (nSPS) is 13.5. The second kappa shape index (κ2) is 8.46. The number of carboxylic acids is 1. The molecule has 0 aliphatic carbocycles. The Labute approximate surface area is 106 Å². The molecular weight excluding hydrogens is 240 g/mol. The van der Waals surface area contributed by atoms with Gasteiger partial charge in [0, 0.05) is 0 Å². The van der Waals surface area contributed by atoms with E-state index < -0.39 is 36.4 Å². The Morgan fingerprint density at radius 3 is 2.39 bits per heavy atom. The molecule has 104 valence electrons. The lowest BCUT2D eigenvalue weighted by Crippen LogP contribution is -2.49. The summed E-state index contributed by atoms with van der Waals surface area (Å²) in [7, 11) is 0. The van der Waals surface area contributed by atoms with Crippen molar-refractivity contribution in [3.63, 3.8) is 0 Å². The first-order valence-corrected chi connectivity index (χ1v) is 5.86. The summed E-state index contributed by atoms with van der Waals surface area (Å²) in [6, 6.07) is -1.96. The summed E-state index contributed by atoms with van der Waals surface area (Å²) in [5.74, 6) is -2.37. The van der Waals surface area contributed by atoms with Crippen LogP contribution in [0.15, 0.2) is 0 Å². The van der Waals surface area contributed by atoms with Gasteiger partial charge in [0.2, 0.25) is 5.91 Å². The molecule has 7 heteroatoms. The molecule has 0 heterocycles. The Hall–Kier alpha value is -1.63. The van der Waals surface area contributed by atoms with Gasteiger partial charge in [-0.1, -0.05) is 13.8 Å².